The molecule has 2 heterocycles. The lowest BCUT2D eigenvalue weighted by molar-refractivity contribution is -0.138. The van der Waals surface area contributed by atoms with E-state index in [0.717, 1.165) is 25.8 Å². The summed E-state index contributed by atoms with van der Waals surface area (Å²) in [7, 11) is 1.72. The van der Waals surface area contributed by atoms with Crippen LogP contribution in [0.4, 0.5) is 5.95 Å². The molecule has 1 aromatic heterocycles. The summed E-state index contributed by atoms with van der Waals surface area (Å²) in [4.78, 5) is 30.3. The van der Waals surface area contributed by atoms with Crippen LogP contribution in [0.2, 0.25) is 0 Å². The highest BCUT2D eigenvalue weighted by Crippen LogP contribution is 2.20. The first-order chi connectivity index (χ1) is 10.0. The fraction of sp³-hybridized carbons (Fsp3) is 0.714. The van der Waals surface area contributed by atoms with Gasteiger partial charge in [-0.15, -0.1) is 0 Å². The average molecular weight is 293 g/mol. The van der Waals surface area contributed by atoms with Gasteiger partial charge in [0.25, 0.3) is 0 Å². The van der Waals surface area contributed by atoms with Crippen molar-refractivity contribution in [2.45, 2.75) is 33.1 Å². The fourth-order valence-corrected chi connectivity index (χ4v) is 2.50. The minimum Gasteiger partial charge on any atom is -0.342 e. The Morgan fingerprint density at radius 2 is 2.29 bits per heavy atom. The molecule has 1 fully saturated rings. The molecule has 0 aromatic carbocycles. The maximum atomic E-state index is 12.3. The first-order valence-electron chi connectivity index (χ1n) is 7.46. The van der Waals surface area contributed by atoms with Gasteiger partial charge in [-0.1, -0.05) is 13.8 Å². The summed E-state index contributed by atoms with van der Waals surface area (Å²) in [6, 6.07) is 0. The monoisotopic (exact) mass is 293 g/mol. The smallest absolute Gasteiger partial charge is 0.231 e. The Hall–Kier alpha value is -1.92. The molecule has 2 amide bonds. The molecular formula is C14H23N5O2. The summed E-state index contributed by atoms with van der Waals surface area (Å²) in [5, 5.41) is 6.69. The van der Waals surface area contributed by atoms with Gasteiger partial charge in [0.15, 0.2) is 0 Å². The number of hydrogen-bond acceptors (Lipinski definition) is 4. The average Bonchev–Trinajstić information content (AvgIpc) is 2.91. The molecule has 0 saturated carbocycles. The molecule has 0 radical (unpaired) electrons. The highest BCUT2D eigenvalue weighted by Gasteiger charge is 2.30. The lowest BCUT2D eigenvalue weighted by Crippen LogP contribution is -2.45. The molecule has 7 nitrogen and oxygen atoms in total. The van der Waals surface area contributed by atoms with Gasteiger partial charge in [-0.25, -0.2) is 4.68 Å². The number of aryl methyl sites for hydroxylation is 1. The van der Waals surface area contributed by atoms with Crippen molar-refractivity contribution >= 4 is 17.8 Å². The van der Waals surface area contributed by atoms with Crippen molar-refractivity contribution in [2.75, 3.05) is 18.4 Å². The number of nitrogens with zero attached hydrogens (tertiary/aromatic N) is 4. The number of rotatable bonds is 4. The Morgan fingerprint density at radius 3 is 2.90 bits per heavy atom. The van der Waals surface area contributed by atoms with Crippen molar-refractivity contribution in [3.63, 3.8) is 0 Å². The lowest BCUT2D eigenvalue weighted by atomic mass is 9.95. The summed E-state index contributed by atoms with van der Waals surface area (Å²) in [6.45, 7) is 5.18. The van der Waals surface area contributed by atoms with Crippen molar-refractivity contribution in [1.82, 2.24) is 19.7 Å². The first-order valence-corrected chi connectivity index (χ1v) is 7.46. The summed E-state index contributed by atoms with van der Waals surface area (Å²) >= 11 is 0. The van der Waals surface area contributed by atoms with Crippen molar-refractivity contribution in [2.24, 2.45) is 18.9 Å². The summed E-state index contributed by atoms with van der Waals surface area (Å²) in [5.74, 6) is 0.334. The van der Waals surface area contributed by atoms with Crippen LogP contribution < -0.4 is 5.32 Å². The minimum absolute atomic E-state index is 0.0190. The van der Waals surface area contributed by atoms with Crippen LogP contribution in [0.25, 0.3) is 0 Å². The van der Waals surface area contributed by atoms with Gasteiger partial charge < -0.3 is 4.90 Å². The molecule has 1 saturated heterocycles. The number of nitrogens with one attached hydrogen (secondary N) is 1. The second kappa shape index (κ2) is 6.69. The first kappa shape index (κ1) is 15.5. The molecule has 1 aliphatic heterocycles. The number of anilines is 1. The van der Waals surface area contributed by atoms with Gasteiger partial charge in [-0.05, 0) is 19.3 Å². The Kier molecular flexibility index (Phi) is 4.93. The van der Waals surface area contributed by atoms with Gasteiger partial charge in [-0.3, -0.25) is 14.9 Å². The number of carbonyl (C=O) groups excluding carboxylic acids is 2. The molecule has 0 spiro atoms. The molecular weight excluding hydrogens is 270 g/mol. The van der Waals surface area contributed by atoms with E-state index in [9.17, 15) is 9.59 Å². The molecule has 7 heteroatoms. The van der Waals surface area contributed by atoms with Gasteiger partial charge in [0.05, 0.1) is 5.92 Å². The van der Waals surface area contributed by atoms with E-state index >= 15 is 0 Å². The van der Waals surface area contributed by atoms with Gasteiger partial charge in [0.2, 0.25) is 17.8 Å². The Morgan fingerprint density at radius 1 is 1.52 bits per heavy atom. The topological polar surface area (TPSA) is 80.1 Å². The van der Waals surface area contributed by atoms with E-state index in [2.05, 4.69) is 15.4 Å². The highest BCUT2D eigenvalue weighted by molar-refractivity contribution is 5.91. The van der Waals surface area contributed by atoms with Gasteiger partial charge in [0, 0.05) is 26.1 Å². The molecule has 0 bridgehead atoms. The lowest BCUT2D eigenvalue weighted by Gasteiger charge is -2.33. The third-order valence-corrected chi connectivity index (χ3v) is 4.08. The van der Waals surface area contributed by atoms with Crippen LogP contribution in [-0.4, -0.2) is 44.6 Å². The highest BCUT2D eigenvalue weighted by atomic mass is 16.2. The van der Waals surface area contributed by atoms with E-state index < -0.39 is 0 Å². The number of likely N-dealkylation sites (tertiary alicyclic amines) is 1. The quantitative estimate of drug-likeness (QED) is 0.899. The standard InChI is InChI=1S/C14H23N5O2/c1-4-10(2)13(21)19-7-5-6-11(8-19)12(20)17-14-15-9-16-18(14)3/h9-11H,4-8H2,1-3H3,(H,15,16,17,20)/t10-,11-/m1/s1. The van der Waals surface area contributed by atoms with Gasteiger partial charge in [-0.2, -0.15) is 10.1 Å². The van der Waals surface area contributed by atoms with E-state index in [0.29, 0.717) is 12.5 Å². The molecule has 1 aromatic rings. The van der Waals surface area contributed by atoms with Crippen molar-refractivity contribution in [1.29, 1.82) is 0 Å². The summed E-state index contributed by atoms with van der Waals surface area (Å²) < 4.78 is 1.52. The predicted octanol–water partition coefficient (Wildman–Crippen LogP) is 1.04. The van der Waals surface area contributed by atoms with Crippen molar-refractivity contribution in [3.05, 3.63) is 6.33 Å². The molecule has 21 heavy (non-hydrogen) atoms. The minimum atomic E-state index is -0.177. The molecule has 2 rings (SSSR count). The maximum Gasteiger partial charge on any atom is 0.231 e. The third kappa shape index (κ3) is 3.59. The van der Waals surface area contributed by atoms with Gasteiger partial charge in [0.1, 0.15) is 6.33 Å². The van der Waals surface area contributed by atoms with Crippen LogP contribution in [0.15, 0.2) is 6.33 Å². The maximum absolute atomic E-state index is 12.3. The summed E-state index contributed by atoms with van der Waals surface area (Å²) in [6.07, 6.45) is 3.88. The van der Waals surface area contributed by atoms with E-state index in [1.54, 1.807) is 7.05 Å². The largest absolute Gasteiger partial charge is 0.342 e. The number of amides is 2. The normalized spacial score (nSPS) is 20.1. The molecule has 0 unspecified atom stereocenters. The van der Waals surface area contributed by atoms with Crippen LogP contribution >= 0.6 is 0 Å². The SMILES string of the molecule is CC[C@@H](C)C(=O)N1CCC[C@@H](C(=O)Nc2ncnn2C)C1. The zero-order valence-electron chi connectivity index (χ0n) is 12.9. The molecule has 116 valence electrons. The third-order valence-electron chi connectivity index (χ3n) is 4.08. The Balaban J connectivity index is 1.96. The zero-order valence-corrected chi connectivity index (χ0v) is 12.9. The van der Waals surface area contributed by atoms with Crippen LogP contribution in [0, 0.1) is 11.8 Å². The second-order valence-electron chi connectivity index (χ2n) is 5.63. The molecule has 1 aliphatic rings. The molecule has 1 N–H and O–H groups in total. The Labute approximate surface area is 124 Å². The van der Waals surface area contributed by atoms with Crippen LogP contribution in [0.3, 0.4) is 0 Å². The van der Waals surface area contributed by atoms with E-state index in [1.807, 2.05) is 18.7 Å². The number of carbonyl (C=O) groups is 2. The van der Waals surface area contributed by atoms with E-state index in [1.165, 1.54) is 11.0 Å². The van der Waals surface area contributed by atoms with Crippen molar-refractivity contribution < 1.29 is 9.59 Å². The van der Waals surface area contributed by atoms with E-state index in [-0.39, 0.29) is 23.7 Å². The summed E-state index contributed by atoms with van der Waals surface area (Å²) in [5.41, 5.74) is 0. The van der Waals surface area contributed by atoms with Crippen molar-refractivity contribution in [3.8, 4) is 0 Å². The van der Waals surface area contributed by atoms with Gasteiger partial charge >= 0.3 is 0 Å². The molecule has 0 aliphatic carbocycles. The zero-order chi connectivity index (χ0) is 15.4. The predicted molar refractivity (Wildman–Crippen MR) is 78.4 cm³/mol. The number of aromatic nitrogens is 3. The second-order valence-corrected chi connectivity index (χ2v) is 5.63. The van der Waals surface area contributed by atoms with E-state index in [4.69, 9.17) is 0 Å². The van der Waals surface area contributed by atoms with Crippen LogP contribution in [0.5, 0.6) is 0 Å². The Bertz CT molecular complexity index is 513. The fourth-order valence-electron chi connectivity index (χ4n) is 2.50. The molecule has 2 atom stereocenters. The van der Waals surface area contributed by atoms with Crippen LogP contribution in [-0.2, 0) is 16.6 Å². The number of piperidine rings is 1. The van der Waals surface area contributed by atoms with Crippen LogP contribution in [0.1, 0.15) is 33.1 Å². The number of hydrogen-bond donors (Lipinski definition) is 1.